The summed E-state index contributed by atoms with van der Waals surface area (Å²) < 4.78 is 9.90. The lowest BCUT2D eigenvalue weighted by Gasteiger charge is -2.10. The molecular weight excluding hydrogens is 184 g/mol. The quantitative estimate of drug-likeness (QED) is 0.580. The van der Waals surface area contributed by atoms with Crippen molar-refractivity contribution >= 4 is 5.97 Å². The number of unbranched alkanes of at least 4 members (excludes halogenated alkanes) is 3. The summed E-state index contributed by atoms with van der Waals surface area (Å²) in [6.07, 6.45) is 3.69. The Morgan fingerprint density at radius 3 is 2.57 bits per heavy atom. The summed E-state index contributed by atoms with van der Waals surface area (Å²) in [5.41, 5.74) is 0. The molecule has 0 rings (SSSR count). The second kappa shape index (κ2) is 8.97. The highest BCUT2D eigenvalue weighted by atomic mass is 16.5. The van der Waals surface area contributed by atoms with Gasteiger partial charge in [0.15, 0.2) is 6.10 Å². The average molecular weight is 204 g/mol. The molecule has 0 spiro atoms. The minimum Gasteiger partial charge on any atom is -0.479 e. The smallest absolute Gasteiger partial charge is 0.335 e. The minimum atomic E-state index is -0.971. The van der Waals surface area contributed by atoms with Crippen LogP contribution in [0.25, 0.3) is 0 Å². The SMILES string of the molecule is CCCCCCOCC(OC)C(=O)O. The number of carbonyl (C=O) groups is 1. The molecular formula is C10H20O4. The molecule has 1 N–H and O–H groups in total. The van der Waals surface area contributed by atoms with Gasteiger partial charge in [0.2, 0.25) is 0 Å². The van der Waals surface area contributed by atoms with E-state index in [9.17, 15) is 4.79 Å². The lowest BCUT2D eigenvalue weighted by atomic mass is 10.2. The van der Waals surface area contributed by atoms with Crippen LogP contribution in [0, 0.1) is 0 Å². The maximum atomic E-state index is 10.5. The van der Waals surface area contributed by atoms with Gasteiger partial charge < -0.3 is 14.6 Å². The Morgan fingerprint density at radius 2 is 2.07 bits per heavy atom. The molecule has 0 saturated heterocycles. The topological polar surface area (TPSA) is 55.8 Å². The van der Waals surface area contributed by atoms with E-state index in [4.69, 9.17) is 14.6 Å². The van der Waals surface area contributed by atoms with Gasteiger partial charge >= 0.3 is 5.97 Å². The second-order valence-electron chi connectivity index (χ2n) is 3.20. The Labute approximate surface area is 85.2 Å². The molecule has 0 aromatic carbocycles. The van der Waals surface area contributed by atoms with Crippen molar-refractivity contribution in [1.29, 1.82) is 0 Å². The Morgan fingerprint density at radius 1 is 1.36 bits per heavy atom. The van der Waals surface area contributed by atoms with Crippen LogP contribution in [0.1, 0.15) is 32.6 Å². The normalized spacial score (nSPS) is 12.7. The van der Waals surface area contributed by atoms with Crippen LogP contribution in [0.5, 0.6) is 0 Å². The first-order chi connectivity index (χ1) is 6.72. The number of ether oxygens (including phenoxy) is 2. The number of hydrogen-bond acceptors (Lipinski definition) is 3. The maximum absolute atomic E-state index is 10.5. The summed E-state index contributed by atoms with van der Waals surface area (Å²) in [6, 6.07) is 0. The average Bonchev–Trinajstić information content (AvgIpc) is 2.16. The van der Waals surface area contributed by atoms with E-state index in [1.54, 1.807) is 0 Å². The summed E-state index contributed by atoms with van der Waals surface area (Å²) in [6.45, 7) is 2.90. The lowest BCUT2D eigenvalue weighted by molar-refractivity contribution is -0.152. The van der Waals surface area contributed by atoms with Gasteiger partial charge in [-0.2, -0.15) is 0 Å². The molecule has 1 unspecified atom stereocenters. The van der Waals surface area contributed by atoms with Crippen molar-refractivity contribution in [3.05, 3.63) is 0 Å². The van der Waals surface area contributed by atoms with Crippen molar-refractivity contribution in [2.75, 3.05) is 20.3 Å². The summed E-state index contributed by atoms with van der Waals surface area (Å²) in [5, 5.41) is 8.61. The molecule has 0 aromatic heterocycles. The standard InChI is InChI=1S/C10H20O4/c1-3-4-5-6-7-14-8-9(13-2)10(11)12/h9H,3-8H2,1-2H3,(H,11,12). The fourth-order valence-corrected chi connectivity index (χ4v) is 1.06. The molecule has 0 aliphatic rings. The first-order valence-electron chi connectivity index (χ1n) is 5.05. The van der Waals surface area contributed by atoms with Crippen LogP contribution < -0.4 is 0 Å². The lowest BCUT2D eigenvalue weighted by Crippen LogP contribution is -2.28. The van der Waals surface area contributed by atoms with Gasteiger partial charge in [0, 0.05) is 13.7 Å². The third kappa shape index (κ3) is 6.86. The van der Waals surface area contributed by atoms with Crippen molar-refractivity contribution in [3.63, 3.8) is 0 Å². The van der Waals surface area contributed by atoms with Gasteiger partial charge in [-0.15, -0.1) is 0 Å². The molecule has 0 fully saturated rings. The molecule has 1 atom stereocenters. The monoisotopic (exact) mass is 204 g/mol. The van der Waals surface area contributed by atoms with Gasteiger partial charge in [0.25, 0.3) is 0 Å². The van der Waals surface area contributed by atoms with Crippen molar-refractivity contribution in [1.82, 2.24) is 0 Å². The third-order valence-electron chi connectivity index (χ3n) is 1.97. The Hall–Kier alpha value is -0.610. The van der Waals surface area contributed by atoms with Crippen LogP contribution in [0.4, 0.5) is 0 Å². The molecule has 4 nitrogen and oxygen atoms in total. The fraction of sp³-hybridized carbons (Fsp3) is 0.900. The second-order valence-corrected chi connectivity index (χ2v) is 3.20. The van der Waals surface area contributed by atoms with Crippen LogP contribution in [0.15, 0.2) is 0 Å². The number of aliphatic carboxylic acids is 1. The number of rotatable bonds is 9. The van der Waals surface area contributed by atoms with E-state index in [0.29, 0.717) is 6.61 Å². The van der Waals surface area contributed by atoms with Gasteiger partial charge in [-0.05, 0) is 6.42 Å². The van der Waals surface area contributed by atoms with Crippen molar-refractivity contribution in [3.8, 4) is 0 Å². The molecule has 84 valence electrons. The molecule has 0 aromatic rings. The summed E-state index contributed by atoms with van der Waals surface area (Å²) in [5.74, 6) is -0.971. The molecule has 0 aliphatic heterocycles. The molecule has 0 radical (unpaired) electrons. The van der Waals surface area contributed by atoms with E-state index in [1.807, 2.05) is 0 Å². The summed E-state index contributed by atoms with van der Waals surface area (Å²) >= 11 is 0. The van der Waals surface area contributed by atoms with Gasteiger partial charge in [0.05, 0.1) is 6.61 Å². The molecule has 0 saturated carbocycles. The Bertz CT molecular complexity index is 147. The first kappa shape index (κ1) is 13.4. The van der Waals surface area contributed by atoms with Gasteiger partial charge in [-0.25, -0.2) is 4.79 Å². The van der Waals surface area contributed by atoms with Crippen LogP contribution >= 0.6 is 0 Å². The highest BCUT2D eigenvalue weighted by Gasteiger charge is 2.15. The summed E-state index contributed by atoms with van der Waals surface area (Å²) in [4.78, 5) is 10.5. The van der Waals surface area contributed by atoms with E-state index in [1.165, 1.54) is 20.0 Å². The van der Waals surface area contributed by atoms with Crippen molar-refractivity contribution in [2.24, 2.45) is 0 Å². The van der Waals surface area contributed by atoms with Crippen LogP contribution in [-0.2, 0) is 14.3 Å². The van der Waals surface area contributed by atoms with E-state index >= 15 is 0 Å². The maximum Gasteiger partial charge on any atom is 0.335 e. The van der Waals surface area contributed by atoms with E-state index in [-0.39, 0.29) is 6.61 Å². The van der Waals surface area contributed by atoms with E-state index in [2.05, 4.69) is 6.92 Å². The van der Waals surface area contributed by atoms with E-state index < -0.39 is 12.1 Å². The first-order valence-corrected chi connectivity index (χ1v) is 5.05. The minimum absolute atomic E-state index is 0.137. The zero-order valence-corrected chi connectivity index (χ0v) is 8.99. The Balaban J connectivity index is 3.29. The summed E-state index contributed by atoms with van der Waals surface area (Å²) in [7, 11) is 1.37. The molecule has 14 heavy (non-hydrogen) atoms. The van der Waals surface area contributed by atoms with E-state index in [0.717, 1.165) is 12.8 Å². The van der Waals surface area contributed by atoms with Crippen LogP contribution in [0.3, 0.4) is 0 Å². The number of carboxylic acid groups (broad SMARTS) is 1. The largest absolute Gasteiger partial charge is 0.479 e. The van der Waals surface area contributed by atoms with Crippen LogP contribution in [0.2, 0.25) is 0 Å². The number of hydrogen-bond donors (Lipinski definition) is 1. The van der Waals surface area contributed by atoms with Gasteiger partial charge in [-0.3, -0.25) is 0 Å². The zero-order chi connectivity index (χ0) is 10.8. The molecule has 0 aliphatic carbocycles. The molecule has 4 heteroatoms. The van der Waals surface area contributed by atoms with Crippen LogP contribution in [-0.4, -0.2) is 37.5 Å². The van der Waals surface area contributed by atoms with Crippen molar-refractivity contribution in [2.45, 2.75) is 38.7 Å². The predicted molar refractivity (Wildman–Crippen MR) is 53.4 cm³/mol. The molecule has 0 amide bonds. The number of methoxy groups -OCH3 is 1. The number of carboxylic acids is 1. The van der Waals surface area contributed by atoms with Gasteiger partial charge in [0.1, 0.15) is 0 Å². The molecule has 0 bridgehead atoms. The highest BCUT2D eigenvalue weighted by Crippen LogP contribution is 2.00. The predicted octanol–water partition coefficient (Wildman–Crippen LogP) is 1.68. The molecule has 0 heterocycles. The van der Waals surface area contributed by atoms with Crippen molar-refractivity contribution < 1.29 is 19.4 Å². The highest BCUT2D eigenvalue weighted by molar-refractivity contribution is 5.72. The van der Waals surface area contributed by atoms with Gasteiger partial charge in [-0.1, -0.05) is 26.2 Å². The third-order valence-corrected chi connectivity index (χ3v) is 1.97. The zero-order valence-electron chi connectivity index (χ0n) is 8.99. The Kier molecular flexibility index (Phi) is 8.57. The fourth-order valence-electron chi connectivity index (χ4n) is 1.06.